The maximum atomic E-state index is 13.1. The molecule has 0 spiro atoms. The van der Waals surface area contributed by atoms with Gasteiger partial charge in [0.05, 0.1) is 39.9 Å². The predicted octanol–water partition coefficient (Wildman–Crippen LogP) is 22.1. The number of aliphatic hydroxyl groups excluding tert-OH is 1. The van der Waals surface area contributed by atoms with Crippen LogP contribution in [0.3, 0.4) is 0 Å². The van der Waals surface area contributed by atoms with Gasteiger partial charge in [-0.1, -0.05) is 341 Å². The standard InChI is InChI=1S/C69H139N2O6P/c1-6-8-10-12-14-16-18-20-22-24-26-28-30-32-34-35-37-38-40-42-44-46-48-50-52-54-56-58-60-62-68(72)67(66-77-78(74,75)76-65-64-71(3,4)5)70-69(73)63-61-59-57-55-53-51-49-47-45-43-41-39-36-33-31-29-27-25-23-21-19-17-15-13-11-9-7-2/h25,27,67-68,72H,6-24,26,28-66H2,1-5H3,(H-,70,73,74,75)/p+1/b27-25-. The van der Waals surface area contributed by atoms with E-state index in [1.807, 2.05) is 21.1 Å². The number of carbonyl (C=O) groups is 1. The number of rotatable bonds is 66. The number of allylic oxidation sites excluding steroid dienone is 2. The topological polar surface area (TPSA) is 105 Å². The summed E-state index contributed by atoms with van der Waals surface area (Å²) in [5.74, 6) is -0.135. The van der Waals surface area contributed by atoms with Crippen LogP contribution in [0.5, 0.6) is 0 Å². The lowest BCUT2D eigenvalue weighted by Gasteiger charge is -2.26. The van der Waals surface area contributed by atoms with Gasteiger partial charge in [0.1, 0.15) is 13.2 Å². The van der Waals surface area contributed by atoms with E-state index in [2.05, 4.69) is 31.3 Å². The van der Waals surface area contributed by atoms with Crippen molar-refractivity contribution in [3.05, 3.63) is 12.2 Å². The molecule has 3 N–H and O–H groups in total. The Bertz CT molecular complexity index is 1280. The highest BCUT2D eigenvalue weighted by atomic mass is 31.2. The van der Waals surface area contributed by atoms with E-state index in [4.69, 9.17) is 9.05 Å². The van der Waals surface area contributed by atoms with Crippen LogP contribution in [0.2, 0.25) is 0 Å². The van der Waals surface area contributed by atoms with Crippen LogP contribution in [0.1, 0.15) is 373 Å². The molecule has 0 aromatic heterocycles. The molecule has 0 saturated heterocycles. The van der Waals surface area contributed by atoms with Crippen molar-refractivity contribution in [3.63, 3.8) is 0 Å². The predicted molar refractivity (Wildman–Crippen MR) is 342 cm³/mol. The van der Waals surface area contributed by atoms with Crippen molar-refractivity contribution in [2.75, 3.05) is 40.9 Å². The molecule has 3 atom stereocenters. The maximum Gasteiger partial charge on any atom is 0.472 e. The number of nitrogens with zero attached hydrogens (tertiary/aromatic N) is 1. The molecule has 78 heavy (non-hydrogen) atoms. The van der Waals surface area contributed by atoms with Gasteiger partial charge in [-0.05, 0) is 38.5 Å². The highest BCUT2D eigenvalue weighted by Crippen LogP contribution is 2.43. The molecule has 466 valence electrons. The van der Waals surface area contributed by atoms with Gasteiger partial charge in [-0.3, -0.25) is 13.8 Å². The molecule has 0 heterocycles. The highest BCUT2D eigenvalue weighted by molar-refractivity contribution is 7.47. The minimum absolute atomic E-state index is 0.0781. The number of unbranched alkanes of at least 4 members (excludes halogenated alkanes) is 51. The molecule has 0 aliphatic heterocycles. The third-order valence-electron chi connectivity index (χ3n) is 16.5. The van der Waals surface area contributed by atoms with Crippen LogP contribution in [-0.4, -0.2) is 73.4 Å². The molecule has 8 nitrogen and oxygen atoms in total. The molecular formula is C69H140N2O6P+. The summed E-state index contributed by atoms with van der Waals surface area (Å²) in [6.07, 6.45) is 77.4. The van der Waals surface area contributed by atoms with Gasteiger partial charge in [-0.25, -0.2) is 4.57 Å². The quantitative estimate of drug-likeness (QED) is 0.0243. The molecule has 3 unspecified atom stereocenters. The Hall–Kier alpha value is -0.760. The number of hydrogen-bond acceptors (Lipinski definition) is 5. The number of quaternary nitrogens is 1. The fraction of sp³-hybridized carbons (Fsp3) is 0.957. The molecular weight excluding hydrogens is 984 g/mol. The second kappa shape index (κ2) is 60.8. The number of hydrogen-bond donors (Lipinski definition) is 3. The van der Waals surface area contributed by atoms with E-state index in [-0.39, 0.29) is 19.1 Å². The van der Waals surface area contributed by atoms with Crippen molar-refractivity contribution in [2.24, 2.45) is 0 Å². The van der Waals surface area contributed by atoms with E-state index in [0.717, 1.165) is 38.5 Å². The molecule has 0 radical (unpaired) electrons. The van der Waals surface area contributed by atoms with Crippen molar-refractivity contribution >= 4 is 13.7 Å². The van der Waals surface area contributed by atoms with Gasteiger partial charge in [0, 0.05) is 6.42 Å². The number of phosphoric ester groups is 1. The van der Waals surface area contributed by atoms with Gasteiger partial charge in [-0.15, -0.1) is 0 Å². The first-order chi connectivity index (χ1) is 38.0. The number of carbonyl (C=O) groups excluding carboxylic acids is 1. The molecule has 0 rings (SSSR count). The summed E-state index contributed by atoms with van der Waals surface area (Å²) in [5.41, 5.74) is 0. The summed E-state index contributed by atoms with van der Waals surface area (Å²) in [4.78, 5) is 23.5. The number of nitrogens with one attached hydrogen (secondary N) is 1. The fourth-order valence-electron chi connectivity index (χ4n) is 11.0. The zero-order valence-corrected chi connectivity index (χ0v) is 54.3. The zero-order chi connectivity index (χ0) is 57.0. The van der Waals surface area contributed by atoms with Gasteiger partial charge in [0.25, 0.3) is 0 Å². The lowest BCUT2D eigenvalue weighted by molar-refractivity contribution is -0.870. The Labute approximate surface area is 488 Å². The van der Waals surface area contributed by atoms with Crippen molar-refractivity contribution in [1.29, 1.82) is 0 Å². The van der Waals surface area contributed by atoms with Crippen molar-refractivity contribution < 1.29 is 32.9 Å². The van der Waals surface area contributed by atoms with Crippen LogP contribution < -0.4 is 5.32 Å². The number of amides is 1. The summed E-state index contributed by atoms with van der Waals surface area (Å²) < 4.78 is 23.9. The first-order valence-electron chi connectivity index (χ1n) is 35.1. The summed E-state index contributed by atoms with van der Waals surface area (Å²) in [7, 11) is 1.64. The lowest BCUT2D eigenvalue weighted by Crippen LogP contribution is -2.46. The van der Waals surface area contributed by atoms with Gasteiger partial charge < -0.3 is 19.8 Å². The second-order valence-electron chi connectivity index (χ2n) is 25.6. The molecule has 0 aliphatic rings. The Morgan fingerprint density at radius 3 is 0.987 bits per heavy atom. The fourth-order valence-corrected chi connectivity index (χ4v) is 11.8. The highest BCUT2D eigenvalue weighted by Gasteiger charge is 2.28. The van der Waals surface area contributed by atoms with Crippen molar-refractivity contribution in [1.82, 2.24) is 5.32 Å². The van der Waals surface area contributed by atoms with Gasteiger partial charge in [0.2, 0.25) is 5.91 Å². The van der Waals surface area contributed by atoms with Crippen LogP contribution in [0.25, 0.3) is 0 Å². The van der Waals surface area contributed by atoms with Crippen LogP contribution in [-0.2, 0) is 18.4 Å². The summed E-state index contributed by atoms with van der Waals surface area (Å²) in [6.45, 7) is 4.96. The van der Waals surface area contributed by atoms with Crippen LogP contribution in [0.15, 0.2) is 12.2 Å². The number of phosphoric acid groups is 1. The van der Waals surface area contributed by atoms with E-state index < -0.39 is 20.0 Å². The molecule has 0 aromatic rings. The normalized spacial score (nSPS) is 13.7. The van der Waals surface area contributed by atoms with E-state index in [1.165, 1.54) is 308 Å². The lowest BCUT2D eigenvalue weighted by atomic mass is 10.0. The smallest absolute Gasteiger partial charge is 0.391 e. The Kier molecular flexibility index (Phi) is 60.2. The molecule has 0 saturated carbocycles. The number of likely N-dealkylation sites (N-methyl/N-ethyl adjacent to an activating group) is 1. The molecule has 0 aromatic carbocycles. The van der Waals surface area contributed by atoms with Crippen molar-refractivity contribution in [2.45, 2.75) is 386 Å². The summed E-state index contributed by atoms with van der Waals surface area (Å²) in [5, 5.41) is 14.2. The summed E-state index contributed by atoms with van der Waals surface area (Å²) >= 11 is 0. The molecule has 0 aliphatic carbocycles. The minimum atomic E-state index is -4.33. The maximum absolute atomic E-state index is 13.1. The van der Waals surface area contributed by atoms with Crippen LogP contribution in [0.4, 0.5) is 0 Å². The van der Waals surface area contributed by atoms with Gasteiger partial charge in [0.15, 0.2) is 0 Å². The third kappa shape index (κ3) is 62.8. The first-order valence-corrected chi connectivity index (χ1v) is 36.5. The molecule has 0 fully saturated rings. The molecule has 9 heteroatoms. The Morgan fingerprint density at radius 1 is 0.423 bits per heavy atom. The third-order valence-corrected chi connectivity index (χ3v) is 17.5. The molecule has 0 bridgehead atoms. The van der Waals surface area contributed by atoms with E-state index in [9.17, 15) is 19.4 Å². The SMILES string of the molecule is CCCCCCCCCC/C=C\CCCCCCCCCCCCCCCCCC(=O)NC(COP(=O)(O)OCC[N+](C)(C)C)C(O)CCCCCCCCCCCCCCCCCCCCCCCCCCCCCCC. The zero-order valence-electron chi connectivity index (χ0n) is 53.5. The minimum Gasteiger partial charge on any atom is -0.391 e. The van der Waals surface area contributed by atoms with E-state index in [0.29, 0.717) is 23.9 Å². The van der Waals surface area contributed by atoms with Crippen LogP contribution >= 0.6 is 7.82 Å². The average Bonchev–Trinajstić information content (AvgIpc) is 3.41. The van der Waals surface area contributed by atoms with Gasteiger partial charge in [-0.2, -0.15) is 0 Å². The Morgan fingerprint density at radius 2 is 0.692 bits per heavy atom. The molecule has 1 amide bonds. The summed E-state index contributed by atoms with van der Waals surface area (Å²) in [6, 6.07) is -0.759. The monoisotopic (exact) mass is 1120 g/mol. The van der Waals surface area contributed by atoms with E-state index >= 15 is 0 Å². The van der Waals surface area contributed by atoms with Gasteiger partial charge >= 0.3 is 7.82 Å². The largest absolute Gasteiger partial charge is 0.472 e. The first kappa shape index (κ1) is 77.2. The number of aliphatic hydroxyl groups is 1. The van der Waals surface area contributed by atoms with Crippen LogP contribution in [0, 0.1) is 0 Å². The van der Waals surface area contributed by atoms with E-state index in [1.54, 1.807) is 0 Å². The Balaban J connectivity index is 4.00. The second-order valence-corrected chi connectivity index (χ2v) is 27.1. The average molecular weight is 1120 g/mol. The van der Waals surface area contributed by atoms with Crippen molar-refractivity contribution in [3.8, 4) is 0 Å².